The summed E-state index contributed by atoms with van der Waals surface area (Å²) in [4.78, 5) is 16.2. The summed E-state index contributed by atoms with van der Waals surface area (Å²) in [7, 11) is 0. The van der Waals surface area contributed by atoms with Gasteiger partial charge in [0.25, 0.3) is 0 Å². The number of carboxylic acids is 1. The van der Waals surface area contributed by atoms with Crippen molar-refractivity contribution >= 4 is 17.6 Å². The molecule has 0 saturated carbocycles. The highest BCUT2D eigenvalue weighted by Crippen LogP contribution is 2.30. The lowest BCUT2D eigenvalue weighted by Crippen LogP contribution is -2.09. The first-order chi connectivity index (χ1) is 13.6. The van der Waals surface area contributed by atoms with E-state index in [0.29, 0.717) is 34.5 Å². The van der Waals surface area contributed by atoms with Gasteiger partial charge in [0.05, 0.1) is 23.6 Å². The number of carboxylic acid groups (broad SMARTS) is 1. The van der Waals surface area contributed by atoms with Crippen molar-refractivity contribution in [1.29, 1.82) is 0 Å². The number of aromatic nitrogens is 1. The molecule has 1 heterocycles. The summed E-state index contributed by atoms with van der Waals surface area (Å²) in [5.41, 5.74) is 1.85. The highest BCUT2D eigenvalue weighted by Gasteiger charge is 2.16. The average Bonchev–Trinajstić information content (AvgIpc) is 2.70. The molecule has 0 aliphatic carbocycles. The van der Waals surface area contributed by atoms with E-state index >= 15 is 0 Å². The topological polar surface area (TPSA) is 68.7 Å². The van der Waals surface area contributed by atoms with Crippen LogP contribution in [0.25, 0.3) is 11.3 Å². The molecule has 0 bridgehead atoms. The van der Waals surface area contributed by atoms with Gasteiger partial charge in [0, 0.05) is 10.6 Å². The van der Waals surface area contributed by atoms with Crippen LogP contribution in [0.3, 0.4) is 0 Å². The highest BCUT2D eigenvalue weighted by molar-refractivity contribution is 6.30. The van der Waals surface area contributed by atoms with Gasteiger partial charge in [-0.15, -0.1) is 0 Å². The maximum Gasteiger partial charge on any atom is 0.337 e. The van der Waals surface area contributed by atoms with Crippen LogP contribution in [0, 0.1) is 0 Å². The van der Waals surface area contributed by atoms with E-state index in [1.807, 2.05) is 31.2 Å². The van der Waals surface area contributed by atoms with Crippen molar-refractivity contribution < 1.29 is 19.4 Å². The minimum atomic E-state index is -1.06. The lowest BCUT2D eigenvalue weighted by Gasteiger charge is -2.13. The van der Waals surface area contributed by atoms with Crippen LogP contribution in [0.1, 0.15) is 29.4 Å². The van der Waals surface area contributed by atoms with Crippen LogP contribution >= 0.6 is 11.6 Å². The van der Waals surface area contributed by atoms with E-state index < -0.39 is 5.97 Å². The molecular weight excluding hydrogens is 378 g/mol. The third kappa shape index (κ3) is 4.81. The summed E-state index contributed by atoms with van der Waals surface area (Å²) >= 11 is 5.97. The van der Waals surface area contributed by atoms with E-state index in [1.165, 1.54) is 6.07 Å². The van der Waals surface area contributed by atoms with E-state index in [9.17, 15) is 9.90 Å². The summed E-state index contributed by atoms with van der Waals surface area (Å²) in [6.07, 6.45) is 0.887. The lowest BCUT2D eigenvalue weighted by molar-refractivity contribution is 0.0693. The molecule has 3 aromatic rings. The standard InChI is InChI=1S/C22H20ClNO4/c1-2-12-27-21-9-4-3-8-17(21)19-11-10-18(22(25)26)20(24-19)14-28-16-7-5-6-15(23)13-16/h3-11,13H,2,12,14H2,1H3,(H,25,26). The van der Waals surface area contributed by atoms with Crippen LogP contribution < -0.4 is 9.47 Å². The van der Waals surface area contributed by atoms with Gasteiger partial charge in [-0.3, -0.25) is 0 Å². The molecule has 1 N–H and O–H groups in total. The molecule has 28 heavy (non-hydrogen) atoms. The lowest BCUT2D eigenvalue weighted by atomic mass is 10.1. The fraction of sp³-hybridized carbons (Fsp3) is 0.182. The van der Waals surface area contributed by atoms with Crippen molar-refractivity contribution in [3.05, 3.63) is 76.9 Å². The zero-order valence-corrected chi connectivity index (χ0v) is 16.1. The summed E-state index contributed by atoms with van der Waals surface area (Å²) < 4.78 is 11.5. The largest absolute Gasteiger partial charge is 0.493 e. The number of aromatic carboxylic acids is 1. The number of rotatable bonds is 8. The smallest absolute Gasteiger partial charge is 0.337 e. The average molecular weight is 398 g/mol. The number of pyridine rings is 1. The Kier molecular flexibility index (Phi) is 6.50. The van der Waals surface area contributed by atoms with Gasteiger partial charge >= 0.3 is 5.97 Å². The van der Waals surface area contributed by atoms with Crippen molar-refractivity contribution in [1.82, 2.24) is 4.98 Å². The predicted molar refractivity (Wildman–Crippen MR) is 108 cm³/mol. The summed E-state index contributed by atoms with van der Waals surface area (Å²) in [5.74, 6) is 0.198. The maximum atomic E-state index is 11.6. The Hall–Kier alpha value is -3.05. The molecular formula is C22H20ClNO4. The Morgan fingerprint density at radius 1 is 1.07 bits per heavy atom. The van der Waals surface area contributed by atoms with Gasteiger partial charge in [-0.1, -0.05) is 36.7 Å². The number of carbonyl (C=O) groups is 1. The molecule has 0 aliphatic heterocycles. The van der Waals surface area contributed by atoms with Crippen LogP contribution in [0.15, 0.2) is 60.7 Å². The Bertz CT molecular complexity index is 974. The van der Waals surface area contributed by atoms with Crippen LogP contribution in [0.2, 0.25) is 5.02 Å². The van der Waals surface area contributed by atoms with Crippen molar-refractivity contribution in [2.45, 2.75) is 20.0 Å². The fourth-order valence-corrected chi connectivity index (χ4v) is 2.86. The third-order valence-corrected chi connectivity index (χ3v) is 4.24. The van der Waals surface area contributed by atoms with Crippen molar-refractivity contribution in [3.63, 3.8) is 0 Å². The van der Waals surface area contributed by atoms with Crippen molar-refractivity contribution in [2.75, 3.05) is 6.61 Å². The molecule has 0 amide bonds. The monoisotopic (exact) mass is 397 g/mol. The Balaban J connectivity index is 1.93. The number of benzene rings is 2. The highest BCUT2D eigenvalue weighted by atomic mass is 35.5. The number of para-hydroxylation sites is 1. The van der Waals surface area contributed by atoms with E-state index in [1.54, 1.807) is 30.3 Å². The zero-order chi connectivity index (χ0) is 19.9. The molecule has 0 unspecified atom stereocenters. The molecule has 0 aliphatic rings. The van der Waals surface area contributed by atoms with E-state index in [2.05, 4.69) is 4.98 Å². The molecule has 0 radical (unpaired) electrons. The number of nitrogens with zero attached hydrogens (tertiary/aromatic N) is 1. The van der Waals surface area contributed by atoms with Gasteiger partial charge in [0.2, 0.25) is 0 Å². The first-order valence-electron chi connectivity index (χ1n) is 8.92. The van der Waals surface area contributed by atoms with E-state index in [-0.39, 0.29) is 12.2 Å². The first-order valence-corrected chi connectivity index (χ1v) is 9.30. The van der Waals surface area contributed by atoms with Crippen LogP contribution in [-0.2, 0) is 6.61 Å². The van der Waals surface area contributed by atoms with Gasteiger partial charge in [0.15, 0.2) is 0 Å². The second-order valence-corrected chi connectivity index (χ2v) is 6.52. The number of halogens is 1. The molecule has 1 aromatic heterocycles. The fourth-order valence-electron chi connectivity index (χ4n) is 2.68. The quantitative estimate of drug-likeness (QED) is 0.546. The SMILES string of the molecule is CCCOc1ccccc1-c1ccc(C(=O)O)c(COc2cccc(Cl)c2)n1. The van der Waals surface area contributed by atoms with Crippen LogP contribution in [0.5, 0.6) is 11.5 Å². The Morgan fingerprint density at radius 2 is 1.89 bits per heavy atom. The van der Waals surface area contributed by atoms with Crippen LogP contribution in [-0.4, -0.2) is 22.7 Å². The van der Waals surface area contributed by atoms with Gasteiger partial charge < -0.3 is 14.6 Å². The number of hydrogen-bond donors (Lipinski definition) is 1. The molecule has 144 valence electrons. The van der Waals surface area contributed by atoms with Gasteiger partial charge in [0.1, 0.15) is 18.1 Å². The van der Waals surface area contributed by atoms with E-state index in [4.69, 9.17) is 21.1 Å². The second-order valence-electron chi connectivity index (χ2n) is 6.09. The number of hydrogen-bond acceptors (Lipinski definition) is 4. The normalized spacial score (nSPS) is 10.5. The summed E-state index contributed by atoms with van der Waals surface area (Å²) in [6.45, 7) is 2.64. The molecule has 0 spiro atoms. The zero-order valence-electron chi connectivity index (χ0n) is 15.4. The number of ether oxygens (including phenoxy) is 2. The minimum absolute atomic E-state index is 0.00774. The minimum Gasteiger partial charge on any atom is -0.493 e. The third-order valence-electron chi connectivity index (χ3n) is 4.00. The maximum absolute atomic E-state index is 11.6. The van der Waals surface area contributed by atoms with Gasteiger partial charge in [-0.05, 0) is 48.9 Å². The van der Waals surface area contributed by atoms with Crippen molar-refractivity contribution in [2.24, 2.45) is 0 Å². The Morgan fingerprint density at radius 3 is 2.64 bits per heavy atom. The molecule has 6 heteroatoms. The molecule has 2 aromatic carbocycles. The Labute approximate surface area is 168 Å². The molecule has 5 nitrogen and oxygen atoms in total. The van der Waals surface area contributed by atoms with Crippen molar-refractivity contribution in [3.8, 4) is 22.8 Å². The predicted octanol–water partition coefficient (Wildman–Crippen LogP) is 5.47. The van der Waals surface area contributed by atoms with Gasteiger partial charge in [-0.25, -0.2) is 9.78 Å². The first kappa shape index (κ1) is 19.7. The summed E-state index contributed by atoms with van der Waals surface area (Å²) in [5, 5.41) is 10.0. The molecule has 0 saturated heterocycles. The molecule has 0 fully saturated rings. The molecule has 3 rings (SSSR count). The molecule has 0 atom stereocenters. The second kappa shape index (κ2) is 9.24. The van der Waals surface area contributed by atoms with E-state index in [0.717, 1.165) is 12.0 Å². The summed E-state index contributed by atoms with van der Waals surface area (Å²) in [6, 6.07) is 17.7. The van der Waals surface area contributed by atoms with Crippen LogP contribution in [0.4, 0.5) is 0 Å². The van der Waals surface area contributed by atoms with Gasteiger partial charge in [-0.2, -0.15) is 0 Å².